The molecule has 0 fully saturated rings. The largest absolute Gasteiger partial charge is 0.548 e. The molecule has 1 aromatic carbocycles. The van der Waals surface area contributed by atoms with Gasteiger partial charge in [0.05, 0.1) is 30.1 Å². The van der Waals surface area contributed by atoms with E-state index in [4.69, 9.17) is 4.74 Å². The molecule has 0 radical (unpaired) electrons. The molecule has 0 aromatic heterocycles. The highest BCUT2D eigenvalue weighted by atomic mass is 32.2. The van der Waals surface area contributed by atoms with E-state index < -0.39 is 28.1 Å². The van der Waals surface area contributed by atoms with Crippen molar-refractivity contribution in [1.29, 1.82) is 0 Å². The predicted octanol–water partition coefficient (Wildman–Crippen LogP) is -1.53. The van der Waals surface area contributed by atoms with Crippen LogP contribution in [0, 0.1) is 0 Å². The van der Waals surface area contributed by atoms with Crippen LogP contribution in [0.15, 0.2) is 29.2 Å². The van der Waals surface area contributed by atoms with Crippen LogP contribution in [0.1, 0.15) is 6.92 Å². The number of rotatable bonds is 6. The average Bonchev–Trinajstić information content (AvgIpc) is 2.35. The molecule has 0 amide bonds. The van der Waals surface area contributed by atoms with E-state index in [1.165, 1.54) is 31.4 Å². The zero-order valence-corrected chi connectivity index (χ0v) is 11.2. The fourth-order valence-corrected chi connectivity index (χ4v) is 2.59. The third-order valence-corrected chi connectivity index (χ3v) is 3.85. The summed E-state index contributed by atoms with van der Waals surface area (Å²) < 4.78 is 30.5. The first-order chi connectivity index (χ1) is 8.77. The third-order valence-electron chi connectivity index (χ3n) is 2.39. The van der Waals surface area contributed by atoms with Crippen molar-refractivity contribution in [2.24, 2.45) is 0 Å². The van der Waals surface area contributed by atoms with Crippen molar-refractivity contribution >= 4 is 16.0 Å². The van der Waals surface area contributed by atoms with Crippen LogP contribution in [0.2, 0.25) is 0 Å². The second kappa shape index (κ2) is 6.00. The lowest BCUT2D eigenvalue weighted by molar-refractivity contribution is -0.309. The number of hydrogen-bond acceptors (Lipinski definition) is 6. The minimum absolute atomic E-state index is 0.139. The number of sulfonamides is 1. The minimum atomic E-state index is -4.06. The number of aliphatic hydroxyl groups excluding tert-OH is 1. The molecule has 7 nitrogen and oxygen atoms in total. The van der Waals surface area contributed by atoms with Crippen LogP contribution in [0.25, 0.3) is 0 Å². The molecule has 8 heteroatoms. The first-order valence-electron chi connectivity index (χ1n) is 5.33. The van der Waals surface area contributed by atoms with Gasteiger partial charge in [-0.15, -0.1) is 0 Å². The summed E-state index contributed by atoms with van der Waals surface area (Å²) in [6.45, 7) is 1.15. The lowest BCUT2D eigenvalue weighted by Gasteiger charge is -2.22. The molecule has 0 aliphatic rings. The lowest BCUT2D eigenvalue weighted by Crippen LogP contribution is -2.53. The van der Waals surface area contributed by atoms with Gasteiger partial charge in [-0.1, -0.05) is 0 Å². The Morgan fingerprint density at radius 1 is 1.37 bits per heavy atom. The molecule has 2 atom stereocenters. The molecule has 19 heavy (non-hydrogen) atoms. The maximum absolute atomic E-state index is 11.9. The van der Waals surface area contributed by atoms with Gasteiger partial charge in [0.1, 0.15) is 5.75 Å². The lowest BCUT2D eigenvalue weighted by atomic mass is 10.2. The quantitative estimate of drug-likeness (QED) is 0.656. The van der Waals surface area contributed by atoms with Crippen LogP contribution in [0.5, 0.6) is 5.75 Å². The molecule has 0 unspecified atom stereocenters. The first-order valence-corrected chi connectivity index (χ1v) is 6.81. The molecule has 0 saturated heterocycles. The second-order valence-corrected chi connectivity index (χ2v) is 5.55. The predicted molar refractivity (Wildman–Crippen MR) is 63.8 cm³/mol. The Hall–Kier alpha value is -1.64. The van der Waals surface area contributed by atoms with Crippen LogP contribution < -0.4 is 14.6 Å². The summed E-state index contributed by atoms with van der Waals surface area (Å²) >= 11 is 0. The van der Waals surface area contributed by atoms with Gasteiger partial charge in [-0.05, 0) is 31.2 Å². The number of benzene rings is 1. The summed E-state index contributed by atoms with van der Waals surface area (Å²) in [6, 6.07) is 3.65. The highest BCUT2D eigenvalue weighted by Crippen LogP contribution is 2.15. The van der Waals surface area contributed by atoms with Crippen LogP contribution in [0.4, 0.5) is 0 Å². The summed E-state index contributed by atoms with van der Waals surface area (Å²) in [5, 5.41) is 19.9. The topological polar surface area (TPSA) is 116 Å². The molecule has 1 aromatic rings. The van der Waals surface area contributed by atoms with Gasteiger partial charge >= 0.3 is 0 Å². The molecule has 1 rings (SSSR count). The first kappa shape index (κ1) is 15.4. The highest BCUT2D eigenvalue weighted by Gasteiger charge is 2.24. The Labute approximate surface area is 110 Å². The summed E-state index contributed by atoms with van der Waals surface area (Å²) in [4.78, 5) is 10.6. The molecule has 0 spiro atoms. The number of aliphatic carboxylic acids is 1. The Bertz CT molecular complexity index is 537. The number of carbonyl (C=O) groups is 1. The van der Waals surface area contributed by atoms with Crippen molar-refractivity contribution in [3.8, 4) is 5.75 Å². The number of carbonyl (C=O) groups excluding carboxylic acids is 1. The Kier molecular flexibility index (Phi) is 4.87. The fraction of sp³-hybridized carbons (Fsp3) is 0.364. The van der Waals surface area contributed by atoms with Crippen LogP contribution >= 0.6 is 0 Å². The van der Waals surface area contributed by atoms with E-state index in [1.807, 2.05) is 4.72 Å². The van der Waals surface area contributed by atoms with Gasteiger partial charge in [0.15, 0.2) is 0 Å². The average molecular weight is 288 g/mol. The monoisotopic (exact) mass is 288 g/mol. The summed E-state index contributed by atoms with van der Waals surface area (Å²) in [6.07, 6.45) is -1.42. The normalized spacial score (nSPS) is 14.7. The van der Waals surface area contributed by atoms with Gasteiger partial charge in [0, 0.05) is 0 Å². The Balaban J connectivity index is 2.99. The number of carboxylic acids is 1. The molecule has 106 valence electrons. The number of hydrogen-bond donors (Lipinski definition) is 2. The van der Waals surface area contributed by atoms with Crippen molar-refractivity contribution in [2.45, 2.75) is 24.0 Å². The zero-order chi connectivity index (χ0) is 14.6. The van der Waals surface area contributed by atoms with Crippen LogP contribution in [-0.4, -0.2) is 38.7 Å². The summed E-state index contributed by atoms with van der Waals surface area (Å²) in [7, 11) is -2.63. The number of methoxy groups -OCH3 is 1. The van der Waals surface area contributed by atoms with Gasteiger partial charge in [0.25, 0.3) is 0 Å². The van der Waals surface area contributed by atoms with Crippen molar-refractivity contribution in [2.75, 3.05) is 7.11 Å². The second-order valence-electron chi connectivity index (χ2n) is 3.83. The number of carboxylic acid groups (broad SMARTS) is 1. The number of nitrogens with one attached hydrogen (secondary N) is 1. The molecular weight excluding hydrogens is 274 g/mol. The van der Waals surface area contributed by atoms with Crippen LogP contribution in [-0.2, 0) is 14.8 Å². The Morgan fingerprint density at radius 3 is 2.26 bits per heavy atom. The zero-order valence-electron chi connectivity index (χ0n) is 10.4. The van der Waals surface area contributed by atoms with Crippen LogP contribution in [0.3, 0.4) is 0 Å². The van der Waals surface area contributed by atoms with Gasteiger partial charge < -0.3 is 19.7 Å². The Morgan fingerprint density at radius 2 is 1.89 bits per heavy atom. The van der Waals surface area contributed by atoms with Crippen molar-refractivity contribution in [3.05, 3.63) is 24.3 Å². The van der Waals surface area contributed by atoms with Crippen molar-refractivity contribution in [3.63, 3.8) is 0 Å². The van der Waals surface area contributed by atoms with E-state index in [9.17, 15) is 23.4 Å². The number of ether oxygens (including phenoxy) is 1. The molecule has 0 aliphatic heterocycles. The molecule has 2 N–H and O–H groups in total. The summed E-state index contributed by atoms with van der Waals surface area (Å²) in [5.41, 5.74) is 0. The third kappa shape index (κ3) is 3.91. The summed E-state index contributed by atoms with van der Waals surface area (Å²) in [5.74, 6) is -1.24. The SMILES string of the molecule is COc1ccc(S(=O)(=O)N[C@@H](C(=O)[O-])[C@@H](C)O)cc1. The molecule has 0 saturated carbocycles. The molecule has 0 aliphatic carbocycles. The standard InChI is InChI=1S/C11H15NO6S/c1-7(13)10(11(14)15)12-19(16,17)9-5-3-8(18-2)4-6-9/h3-7,10,12-13H,1-2H3,(H,14,15)/p-1/t7-,10-/m1/s1. The number of aliphatic hydroxyl groups is 1. The molecule has 0 heterocycles. The van der Waals surface area contributed by atoms with Gasteiger partial charge in [0.2, 0.25) is 10.0 Å². The van der Waals surface area contributed by atoms with Crippen molar-refractivity contribution < 1.29 is 28.2 Å². The maximum Gasteiger partial charge on any atom is 0.241 e. The molecular formula is C11H14NO6S-. The van der Waals surface area contributed by atoms with Gasteiger partial charge in [-0.3, -0.25) is 0 Å². The highest BCUT2D eigenvalue weighted by molar-refractivity contribution is 7.89. The van der Waals surface area contributed by atoms with E-state index in [2.05, 4.69) is 0 Å². The van der Waals surface area contributed by atoms with E-state index in [0.717, 1.165) is 6.92 Å². The fourth-order valence-electron chi connectivity index (χ4n) is 1.33. The maximum atomic E-state index is 11.9. The van der Waals surface area contributed by atoms with Gasteiger partial charge in [-0.25, -0.2) is 8.42 Å². The minimum Gasteiger partial charge on any atom is -0.548 e. The van der Waals surface area contributed by atoms with E-state index >= 15 is 0 Å². The van der Waals surface area contributed by atoms with Gasteiger partial charge in [-0.2, -0.15) is 4.72 Å². The van der Waals surface area contributed by atoms with E-state index in [-0.39, 0.29) is 4.90 Å². The molecule has 0 bridgehead atoms. The van der Waals surface area contributed by atoms with E-state index in [1.54, 1.807) is 0 Å². The van der Waals surface area contributed by atoms with E-state index in [0.29, 0.717) is 5.75 Å². The smallest absolute Gasteiger partial charge is 0.241 e. The van der Waals surface area contributed by atoms with Crippen molar-refractivity contribution in [1.82, 2.24) is 4.72 Å².